The molecule has 0 aliphatic heterocycles. The van der Waals surface area contributed by atoms with Gasteiger partial charge in [-0.15, -0.1) is 0 Å². The van der Waals surface area contributed by atoms with E-state index in [2.05, 4.69) is 30.9 Å². The van der Waals surface area contributed by atoms with E-state index in [-0.39, 0.29) is 0 Å². The molecular formula is C11H22N4. The number of hydrogen-bond acceptors (Lipinski definition) is 3. The van der Waals surface area contributed by atoms with Crippen molar-refractivity contribution in [1.29, 1.82) is 0 Å². The molecule has 0 spiro atoms. The van der Waals surface area contributed by atoms with Crippen LogP contribution in [0.3, 0.4) is 0 Å². The first kappa shape index (κ1) is 12.2. The first-order valence-electron chi connectivity index (χ1n) is 5.68. The van der Waals surface area contributed by atoms with Crippen LogP contribution in [0.25, 0.3) is 0 Å². The molecule has 4 heteroatoms. The second-order valence-electron chi connectivity index (χ2n) is 4.38. The van der Waals surface area contributed by atoms with E-state index < -0.39 is 0 Å². The van der Waals surface area contributed by atoms with Gasteiger partial charge in [-0.3, -0.25) is 4.68 Å². The number of aryl methyl sites for hydroxylation is 1. The average molecular weight is 210 g/mol. The summed E-state index contributed by atoms with van der Waals surface area (Å²) in [6.45, 7) is 7.11. The zero-order chi connectivity index (χ0) is 11.4. The Morgan fingerprint density at radius 1 is 1.40 bits per heavy atom. The van der Waals surface area contributed by atoms with Gasteiger partial charge in [0.15, 0.2) is 5.82 Å². The first-order valence-corrected chi connectivity index (χ1v) is 5.68. The molecule has 1 aromatic heterocycles. The van der Waals surface area contributed by atoms with Crippen molar-refractivity contribution in [2.45, 2.75) is 39.5 Å². The molecule has 86 valence electrons. The molecule has 0 aromatic carbocycles. The van der Waals surface area contributed by atoms with Crippen molar-refractivity contribution in [2.24, 2.45) is 18.7 Å². The predicted octanol–water partition coefficient (Wildman–Crippen LogP) is 1.47. The first-order chi connectivity index (χ1) is 7.08. The summed E-state index contributed by atoms with van der Waals surface area (Å²) in [4.78, 5) is 4.54. The smallest absolute Gasteiger partial charge is 0.153 e. The van der Waals surface area contributed by atoms with Gasteiger partial charge in [-0.2, -0.15) is 5.10 Å². The van der Waals surface area contributed by atoms with Gasteiger partial charge in [0, 0.05) is 19.4 Å². The summed E-state index contributed by atoms with van der Waals surface area (Å²) in [6, 6.07) is 0. The summed E-state index contributed by atoms with van der Waals surface area (Å²) in [5.74, 6) is 2.89. The fraction of sp³-hybridized carbons (Fsp3) is 0.818. The van der Waals surface area contributed by atoms with Crippen LogP contribution in [0, 0.1) is 5.92 Å². The summed E-state index contributed by atoms with van der Waals surface area (Å²) in [6.07, 6.45) is 2.03. The Kier molecular flexibility index (Phi) is 4.27. The Morgan fingerprint density at radius 3 is 2.47 bits per heavy atom. The second kappa shape index (κ2) is 5.26. The molecule has 2 N–H and O–H groups in total. The van der Waals surface area contributed by atoms with Gasteiger partial charge in [0.25, 0.3) is 0 Å². The highest BCUT2D eigenvalue weighted by atomic mass is 15.3. The topological polar surface area (TPSA) is 56.7 Å². The average Bonchev–Trinajstić information content (AvgIpc) is 2.56. The minimum absolute atomic E-state index is 0.392. The maximum absolute atomic E-state index is 5.69. The van der Waals surface area contributed by atoms with Gasteiger partial charge in [0.1, 0.15) is 5.82 Å². The van der Waals surface area contributed by atoms with Gasteiger partial charge in [-0.25, -0.2) is 4.98 Å². The number of aromatic nitrogens is 3. The second-order valence-corrected chi connectivity index (χ2v) is 4.38. The molecule has 1 rings (SSSR count). The van der Waals surface area contributed by atoms with Crippen LogP contribution in [0.2, 0.25) is 0 Å². The minimum Gasteiger partial charge on any atom is -0.330 e. The SMILES string of the molecule is CCC(CN)Cc1nc(C(C)C)nn1C. The van der Waals surface area contributed by atoms with E-state index in [9.17, 15) is 0 Å². The van der Waals surface area contributed by atoms with Crippen LogP contribution >= 0.6 is 0 Å². The number of rotatable bonds is 5. The monoisotopic (exact) mass is 210 g/mol. The summed E-state index contributed by atoms with van der Waals surface area (Å²) in [5.41, 5.74) is 5.69. The molecule has 1 aromatic rings. The quantitative estimate of drug-likeness (QED) is 0.800. The summed E-state index contributed by atoms with van der Waals surface area (Å²) in [7, 11) is 1.96. The number of nitrogens with two attached hydrogens (primary N) is 1. The van der Waals surface area contributed by atoms with Crippen molar-refractivity contribution < 1.29 is 0 Å². The molecule has 0 saturated heterocycles. The largest absolute Gasteiger partial charge is 0.330 e. The highest BCUT2D eigenvalue weighted by molar-refractivity contribution is 4.97. The highest BCUT2D eigenvalue weighted by Crippen LogP contribution is 2.13. The van der Waals surface area contributed by atoms with E-state index in [1.165, 1.54) is 0 Å². The third-order valence-electron chi connectivity index (χ3n) is 2.77. The van der Waals surface area contributed by atoms with E-state index in [1.54, 1.807) is 0 Å². The molecule has 1 heterocycles. The maximum Gasteiger partial charge on any atom is 0.153 e. The molecule has 0 fully saturated rings. The van der Waals surface area contributed by atoms with Crippen LogP contribution in [0.5, 0.6) is 0 Å². The van der Waals surface area contributed by atoms with Crippen LogP contribution < -0.4 is 5.73 Å². The van der Waals surface area contributed by atoms with E-state index in [1.807, 2.05) is 11.7 Å². The molecule has 4 nitrogen and oxygen atoms in total. The molecule has 0 aliphatic carbocycles. The van der Waals surface area contributed by atoms with Crippen LogP contribution in [0.1, 0.15) is 44.8 Å². The highest BCUT2D eigenvalue weighted by Gasteiger charge is 2.13. The van der Waals surface area contributed by atoms with E-state index in [4.69, 9.17) is 5.73 Å². The molecule has 0 saturated carbocycles. The van der Waals surface area contributed by atoms with Crippen molar-refractivity contribution >= 4 is 0 Å². The molecular weight excluding hydrogens is 188 g/mol. The van der Waals surface area contributed by atoms with Gasteiger partial charge in [0.05, 0.1) is 0 Å². The fourth-order valence-electron chi connectivity index (χ4n) is 1.51. The Balaban J connectivity index is 2.76. The lowest BCUT2D eigenvalue weighted by molar-refractivity contribution is 0.492. The molecule has 0 radical (unpaired) electrons. The normalized spacial score (nSPS) is 13.5. The molecule has 1 atom stereocenters. The van der Waals surface area contributed by atoms with E-state index >= 15 is 0 Å². The summed E-state index contributed by atoms with van der Waals surface area (Å²) >= 11 is 0. The van der Waals surface area contributed by atoms with Crippen molar-refractivity contribution in [3.05, 3.63) is 11.6 Å². The molecule has 0 aliphatic rings. The van der Waals surface area contributed by atoms with Crippen molar-refractivity contribution in [3.8, 4) is 0 Å². The molecule has 15 heavy (non-hydrogen) atoms. The van der Waals surface area contributed by atoms with Crippen molar-refractivity contribution in [2.75, 3.05) is 6.54 Å². The van der Waals surface area contributed by atoms with Crippen molar-refractivity contribution in [1.82, 2.24) is 14.8 Å². The number of nitrogens with zero attached hydrogens (tertiary/aromatic N) is 3. The van der Waals surface area contributed by atoms with Gasteiger partial charge >= 0.3 is 0 Å². The molecule has 0 amide bonds. The number of hydrogen-bond donors (Lipinski definition) is 1. The zero-order valence-corrected chi connectivity index (χ0v) is 10.2. The lowest BCUT2D eigenvalue weighted by Crippen LogP contribution is -2.18. The summed E-state index contributed by atoms with van der Waals surface area (Å²) in [5, 5.41) is 4.40. The van der Waals surface area contributed by atoms with Gasteiger partial charge in [0.2, 0.25) is 0 Å². The Morgan fingerprint density at radius 2 is 2.07 bits per heavy atom. The standard InChI is InChI=1S/C11H22N4/c1-5-9(7-12)6-10-13-11(8(2)3)14-15(10)4/h8-9H,5-7,12H2,1-4H3. The molecule has 1 unspecified atom stereocenters. The van der Waals surface area contributed by atoms with Crippen LogP contribution in [0.15, 0.2) is 0 Å². The lowest BCUT2D eigenvalue weighted by Gasteiger charge is -2.10. The van der Waals surface area contributed by atoms with Gasteiger partial charge in [-0.1, -0.05) is 27.2 Å². The Labute approximate surface area is 91.9 Å². The van der Waals surface area contributed by atoms with Crippen LogP contribution in [-0.4, -0.2) is 21.3 Å². The van der Waals surface area contributed by atoms with Crippen molar-refractivity contribution in [3.63, 3.8) is 0 Å². The van der Waals surface area contributed by atoms with E-state index in [0.717, 1.165) is 31.0 Å². The third kappa shape index (κ3) is 3.02. The Hall–Kier alpha value is -0.900. The maximum atomic E-state index is 5.69. The predicted molar refractivity (Wildman–Crippen MR) is 61.6 cm³/mol. The Bertz CT molecular complexity index is 300. The van der Waals surface area contributed by atoms with Gasteiger partial charge in [-0.05, 0) is 12.5 Å². The zero-order valence-electron chi connectivity index (χ0n) is 10.2. The summed E-state index contributed by atoms with van der Waals surface area (Å²) < 4.78 is 1.88. The fourth-order valence-corrected chi connectivity index (χ4v) is 1.51. The minimum atomic E-state index is 0.392. The van der Waals surface area contributed by atoms with Gasteiger partial charge < -0.3 is 5.73 Å². The lowest BCUT2D eigenvalue weighted by atomic mass is 10.0. The molecule has 0 bridgehead atoms. The van der Waals surface area contributed by atoms with Crippen LogP contribution in [-0.2, 0) is 13.5 Å². The van der Waals surface area contributed by atoms with E-state index in [0.29, 0.717) is 11.8 Å². The third-order valence-corrected chi connectivity index (χ3v) is 2.77. The van der Waals surface area contributed by atoms with Crippen LogP contribution in [0.4, 0.5) is 0 Å².